The number of ketones is 1. The first-order valence-electron chi connectivity index (χ1n) is 7.33. The average Bonchev–Trinajstić information content (AvgIpc) is 2.60. The average molecular weight is 270 g/mol. The highest BCUT2D eigenvalue weighted by atomic mass is 16.5. The van der Waals surface area contributed by atoms with Gasteiger partial charge in [-0.05, 0) is 42.4 Å². The van der Waals surface area contributed by atoms with Crippen LogP contribution < -0.4 is 4.74 Å². The number of carbonyl (C=O) groups is 1. The molecule has 0 aliphatic heterocycles. The van der Waals surface area contributed by atoms with Crippen LogP contribution in [0.1, 0.15) is 39.2 Å². The Morgan fingerprint density at radius 2 is 1.90 bits per heavy atom. The number of hydrogen-bond donors (Lipinski definition) is 0. The van der Waals surface area contributed by atoms with Crippen molar-refractivity contribution in [2.24, 2.45) is 11.3 Å². The molecule has 20 heavy (non-hydrogen) atoms. The molecule has 0 amide bonds. The number of hydrogen-bond acceptors (Lipinski definition) is 2. The van der Waals surface area contributed by atoms with Gasteiger partial charge in [0.2, 0.25) is 0 Å². The second-order valence-corrected chi connectivity index (χ2v) is 6.49. The van der Waals surface area contributed by atoms with Gasteiger partial charge in [0, 0.05) is 6.42 Å². The van der Waals surface area contributed by atoms with Crippen molar-refractivity contribution in [2.75, 3.05) is 7.11 Å². The molecular formula is C18H22O2. The molecule has 3 rings (SSSR count). The van der Waals surface area contributed by atoms with Crippen LogP contribution in [-0.4, -0.2) is 12.9 Å². The molecule has 2 nitrogen and oxygen atoms in total. The summed E-state index contributed by atoms with van der Waals surface area (Å²) < 4.78 is 5.23. The van der Waals surface area contributed by atoms with Crippen LogP contribution in [0.3, 0.4) is 0 Å². The van der Waals surface area contributed by atoms with Crippen LogP contribution in [0, 0.1) is 11.3 Å². The van der Waals surface area contributed by atoms with Gasteiger partial charge in [-0.1, -0.05) is 37.6 Å². The van der Waals surface area contributed by atoms with E-state index in [9.17, 15) is 4.79 Å². The zero-order chi connectivity index (χ0) is 14.5. The molecule has 0 aromatic heterocycles. The van der Waals surface area contributed by atoms with Crippen molar-refractivity contribution in [3.05, 3.63) is 41.5 Å². The van der Waals surface area contributed by atoms with Crippen molar-refractivity contribution in [3.8, 4) is 5.75 Å². The molecule has 0 spiro atoms. The third kappa shape index (κ3) is 1.48. The van der Waals surface area contributed by atoms with E-state index in [1.807, 2.05) is 24.3 Å². The van der Waals surface area contributed by atoms with E-state index in [0.29, 0.717) is 18.1 Å². The normalized spacial score (nSPS) is 35.9. The van der Waals surface area contributed by atoms with Gasteiger partial charge < -0.3 is 4.74 Å². The molecular weight excluding hydrogens is 248 g/mol. The predicted octanol–water partition coefficient (Wildman–Crippen LogP) is 3.90. The number of benzene rings is 1. The standard InChI is InChI=1S/C18H22O2/c1-12-11-18(14-5-7-15(20-4)8-6-14)13(2)17(12,3)10-9-16(18)19/h5-8,11,13H,9-10H2,1-4H3/t13-,17+,18-/m0/s1. The summed E-state index contributed by atoms with van der Waals surface area (Å²) in [5, 5.41) is 0. The Hall–Kier alpha value is -1.57. The van der Waals surface area contributed by atoms with Crippen molar-refractivity contribution in [1.82, 2.24) is 0 Å². The van der Waals surface area contributed by atoms with Crippen LogP contribution in [0.15, 0.2) is 35.9 Å². The van der Waals surface area contributed by atoms with Gasteiger partial charge in [0.15, 0.2) is 0 Å². The molecule has 2 bridgehead atoms. The maximum absolute atomic E-state index is 12.8. The minimum atomic E-state index is -0.427. The number of ether oxygens (including phenoxy) is 1. The molecule has 3 atom stereocenters. The number of methoxy groups -OCH3 is 1. The van der Waals surface area contributed by atoms with Crippen LogP contribution in [0.4, 0.5) is 0 Å². The van der Waals surface area contributed by atoms with Crippen molar-refractivity contribution in [1.29, 1.82) is 0 Å². The fourth-order valence-electron chi connectivity index (χ4n) is 4.15. The first kappa shape index (κ1) is 13.4. The van der Waals surface area contributed by atoms with Crippen LogP contribution in [0.2, 0.25) is 0 Å². The van der Waals surface area contributed by atoms with Gasteiger partial charge >= 0.3 is 0 Å². The molecule has 2 aliphatic carbocycles. The number of fused-ring (bicyclic) bond motifs is 2. The Labute approximate surface area is 120 Å². The lowest BCUT2D eigenvalue weighted by Crippen LogP contribution is -2.47. The van der Waals surface area contributed by atoms with E-state index in [4.69, 9.17) is 4.74 Å². The quantitative estimate of drug-likeness (QED) is 0.762. The van der Waals surface area contributed by atoms with E-state index >= 15 is 0 Å². The van der Waals surface area contributed by atoms with Crippen molar-refractivity contribution in [3.63, 3.8) is 0 Å². The third-order valence-electron chi connectivity index (χ3n) is 5.88. The number of rotatable bonds is 2. The van der Waals surface area contributed by atoms with Crippen molar-refractivity contribution < 1.29 is 9.53 Å². The summed E-state index contributed by atoms with van der Waals surface area (Å²) in [5.41, 5.74) is 2.21. The molecule has 2 heteroatoms. The molecule has 1 aromatic rings. The van der Waals surface area contributed by atoms with E-state index in [1.165, 1.54) is 5.57 Å². The van der Waals surface area contributed by atoms with Gasteiger partial charge in [-0.2, -0.15) is 0 Å². The SMILES string of the molecule is COc1ccc([C@@]23C=C(C)[C@@](C)(CCC2=O)[C@@H]3C)cc1. The van der Waals surface area contributed by atoms with Gasteiger partial charge in [-0.3, -0.25) is 4.79 Å². The third-order valence-corrected chi connectivity index (χ3v) is 5.88. The Morgan fingerprint density at radius 1 is 1.25 bits per heavy atom. The van der Waals surface area contributed by atoms with Gasteiger partial charge in [-0.15, -0.1) is 0 Å². The van der Waals surface area contributed by atoms with Gasteiger partial charge in [-0.25, -0.2) is 0 Å². The lowest BCUT2D eigenvalue weighted by Gasteiger charge is -2.44. The van der Waals surface area contributed by atoms with Gasteiger partial charge in [0.1, 0.15) is 11.5 Å². The largest absolute Gasteiger partial charge is 0.497 e. The Bertz CT molecular complexity index is 584. The second-order valence-electron chi connectivity index (χ2n) is 6.49. The summed E-state index contributed by atoms with van der Waals surface area (Å²) in [6.07, 6.45) is 3.89. The minimum absolute atomic E-state index is 0.161. The van der Waals surface area contributed by atoms with Crippen molar-refractivity contribution in [2.45, 2.75) is 39.0 Å². The smallest absolute Gasteiger partial charge is 0.147 e. The monoisotopic (exact) mass is 270 g/mol. The molecule has 0 saturated heterocycles. The van der Waals surface area contributed by atoms with Gasteiger partial charge in [0.05, 0.1) is 12.5 Å². The number of Topliss-reactive ketones (excluding diaryl/α,β-unsaturated/α-hetero) is 1. The highest BCUT2D eigenvalue weighted by Gasteiger charge is 2.58. The minimum Gasteiger partial charge on any atom is -0.497 e. The fraction of sp³-hybridized carbons (Fsp3) is 0.500. The molecule has 0 radical (unpaired) electrons. The summed E-state index contributed by atoms with van der Waals surface area (Å²) in [6.45, 7) is 6.72. The first-order chi connectivity index (χ1) is 9.45. The molecule has 2 aliphatic rings. The summed E-state index contributed by atoms with van der Waals surface area (Å²) in [5.74, 6) is 1.52. The Kier molecular flexibility index (Phi) is 2.82. The van der Waals surface area contributed by atoms with E-state index < -0.39 is 5.41 Å². The van der Waals surface area contributed by atoms with E-state index in [-0.39, 0.29) is 5.41 Å². The molecule has 0 N–H and O–H groups in total. The Morgan fingerprint density at radius 3 is 2.50 bits per heavy atom. The van der Waals surface area contributed by atoms with E-state index in [2.05, 4.69) is 26.8 Å². The zero-order valence-electron chi connectivity index (χ0n) is 12.7. The maximum atomic E-state index is 12.8. The lowest BCUT2D eigenvalue weighted by atomic mass is 9.57. The van der Waals surface area contributed by atoms with Crippen LogP contribution in [0.5, 0.6) is 5.75 Å². The van der Waals surface area contributed by atoms with Crippen LogP contribution >= 0.6 is 0 Å². The Balaban J connectivity index is 2.15. The molecule has 1 saturated carbocycles. The highest BCUT2D eigenvalue weighted by Crippen LogP contribution is 2.60. The highest BCUT2D eigenvalue weighted by molar-refractivity contribution is 5.95. The van der Waals surface area contributed by atoms with E-state index in [0.717, 1.165) is 17.7 Å². The summed E-state index contributed by atoms with van der Waals surface area (Å²) in [7, 11) is 1.67. The first-order valence-corrected chi connectivity index (χ1v) is 7.33. The van der Waals surface area contributed by atoms with Crippen LogP contribution in [-0.2, 0) is 10.2 Å². The number of allylic oxidation sites excluding steroid dienone is 2. The van der Waals surface area contributed by atoms with E-state index in [1.54, 1.807) is 7.11 Å². The topological polar surface area (TPSA) is 26.3 Å². The molecule has 0 unspecified atom stereocenters. The molecule has 0 heterocycles. The summed E-state index contributed by atoms with van der Waals surface area (Å²) >= 11 is 0. The second kappa shape index (κ2) is 4.21. The fourth-order valence-corrected chi connectivity index (χ4v) is 4.15. The zero-order valence-corrected chi connectivity index (χ0v) is 12.7. The van der Waals surface area contributed by atoms with Gasteiger partial charge in [0.25, 0.3) is 0 Å². The maximum Gasteiger partial charge on any atom is 0.147 e. The molecule has 106 valence electrons. The lowest BCUT2D eigenvalue weighted by molar-refractivity contribution is -0.128. The molecule has 1 fully saturated rings. The summed E-state index contributed by atoms with van der Waals surface area (Å²) in [6, 6.07) is 8.01. The predicted molar refractivity (Wildman–Crippen MR) is 79.9 cm³/mol. The number of carbonyl (C=O) groups excluding carboxylic acids is 1. The van der Waals surface area contributed by atoms with Crippen molar-refractivity contribution >= 4 is 5.78 Å². The molecule has 1 aromatic carbocycles. The summed E-state index contributed by atoms with van der Waals surface area (Å²) in [4.78, 5) is 12.8. The van der Waals surface area contributed by atoms with Crippen LogP contribution in [0.25, 0.3) is 0 Å².